The number of carboxylic acids is 2. The molecule has 4 rings (SSSR count). The summed E-state index contributed by atoms with van der Waals surface area (Å²) in [6, 6.07) is 4.71. The third kappa shape index (κ3) is 3.30. The number of halogens is 1. The normalized spacial score (nSPS) is 32.7. The van der Waals surface area contributed by atoms with E-state index in [1.165, 1.54) is 35.9 Å². The van der Waals surface area contributed by atoms with Crippen molar-refractivity contribution in [1.82, 2.24) is 15.2 Å². The molecular weight excluding hydrogens is 419 g/mol. The van der Waals surface area contributed by atoms with E-state index in [-0.39, 0.29) is 17.0 Å². The number of aromatic amines is 1. The van der Waals surface area contributed by atoms with Gasteiger partial charge >= 0.3 is 11.9 Å². The molecule has 1 aromatic heterocycles. The van der Waals surface area contributed by atoms with Crippen molar-refractivity contribution in [2.75, 3.05) is 5.75 Å². The Balaban J connectivity index is 1.63. The zero-order chi connectivity index (χ0) is 20.9. The predicted molar refractivity (Wildman–Crippen MR) is 104 cm³/mol. The second-order valence-corrected chi connectivity index (χ2v) is 9.64. The molecule has 8 nitrogen and oxygen atoms in total. The van der Waals surface area contributed by atoms with Crippen LogP contribution in [0.5, 0.6) is 0 Å². The Labute approximate surface area is 173 Å². The van der Waals surface area contributed by atoms with Gasteiger partial charge in [0.15, 0.2) is 0 Å². The van der Waals surface area contributed by atoms with Gasteiger partial charge in [-0.2, -0.15) is 0 Å². The van der Waals surface area contributed by atoms with Gasteiger partial charge in [-0.15, -0.1) is 16.9 Å². The van der Waals surface area contributed by atoms with Crippen molar-refractivity contribution in [3.8, 4) is 0 Å². The Hall–Kier alpha value is -2.11. The van der Waals surface area contributed by atoms with Gasteiger partial charge in [-0.1, -0.05) is 11.8 Å². The maximum Gasteiger partial charge on any atom is 0.324 e. The van der Waals surface area contributed by atoms with Crippen LogP contribution in [0.15, 0.2) is 34.6 Å². The van der Waals surface area contributed by atoms with Crippen molar-refractivity contribution in [3.63, 3.8) is 0 Å². The summed E-state index contributed by atoms with van der Waals surface area (Å²) in [5.41, 5.74) is 5.24. The monoisotopic (exact) mass is 438 g/mol. The molecule has 0 saturated heterocycles. The van der Waals surface area contributed by atoms with E-state index < -0.39 is 35.2 Å². The topological polar surface area (TPSA) is 142 Å². The van der Waals surface area contributed by atoms with Crippen molar-refractivity contribution < 1.29 is 24.2 Å². The predicted octanol–water partition coefficient (Wildman–Crippen LogP) is 1.86. The summed E-state index contributed by atoms with van der Waals surface area (Å²) in [5, 5.41) is 26.2. The van der Waals surface area contributed by atoms with Crippen LogP contribution in [0.25, 0.3) is 0 Å². The largest absolute Gasteiger partial charge is 0.481 e. The fourth-order valence-electron chi connectivity index (χ4n) is 4.43. The number of aliphatic carboxylic acids is 2. The van der Waals surface area contributed by atoms with Gasteiger partial charge in [0.25, 0.3) is 0 Å². The smallest absolute Gasteiger partial charge is 0.324 e. The van der Waals surface area contributed by atoms with Crippen molar-refractivity contribution in [3.05, 3.63) is 35.9 Å². The molecule has 1 heterocycles. The first kappa shape index (κ1) is 20.2. The van der Waals surface area contributed by atoms with Crippen LogP contribution in [-0.4, -0.2) is 53.9 Å². The molecule has 11 heteroatoms. The van der Waals surface area contributed by atoms with E-state index in [2.05, 4.69) is 15.2 Å². The number of nitrogens with one attached hydrogen (secondary N) is 1. The standard InChI is InChI=1S/C18H19FN4O4S2/c1-7-4-8(2-3-10(7)19)28-5-9-14(29-17-21-6-22-23-17)11-12(15(24)25)13(11)18(9,20)16(26)27/h2-4,6,9,11-14H,5,20H2,1H3,(H,24,25)(H,26,27)(H,21,22,23)/t9-,11+,12+,13+,14-,18+/m1/s1. The summed E-state index contributed by atoms with van der Waals surface area (Å²) < 4.78 is 13.5. The highest BCUT2D eigenvalue weighted by Gasteiger charge is 2.77. The first-order valence-corrected chi connectivity index (χ1v) is 10.8. The van der Waals surface area contributed by atoms with Crippen LogP contribution in [0.3, 0.4) is 0 Å². The number of nitrogens with zero attached hydrogens (tertiary/aromatic N) is 2. The average Bonchev–Trinajstić information content (AvgIpc) is 3.12. The van der Waals surface area contributed by atoms with Gasteiger partial charge in [0, 0.05) is 27.7 Å². The van der Waals surface area contributed by atoms with Crippen LogP contribution < -0.4 is 5.73 Å². The summed E-state index contributed by atoms with van der Waals surface area (Å²) in [6.07, 6.45) is 1.41. The van der Waals surface area contributed by atoms with Crippen molar-refractivity contribution in [2.24, 2.45) is 29.4 Å². The lowest BCUT2D eigenvalue weighted by Gasteiger charge is -2.34. The van der Waals surface area contributed by atoms with Gasteiger partial charge in [-0.3, -0.25) is 14.7 Å². The molecule has 5 N–H and O–H groups in total. The maximum absolute atomic E-state index is 13.5. The number of aryl methyl sites for hydroxylation is 1. The molecule has 0 aliphatic heterocycles. The first-order valence-electron chi connectivity index (χ1n) is 8.91. The van der Waals surface area contributed by atoms with Crippen molar-refractivity contribution >= 4 is 35.5 Å². The van der Waals surface area contributed by atoms with E-state index in [9.17, 15) is 24.2 Å². The molecule has 0 radical (unpaired) electrons. The lowest BCUT2D eigenvalue weighted by Crippen LogP contribution is -2.57. The summed E-state index contributed by atoms with van der Waals surface area (Å²) in [4.78, 5) is 28.7. The molecule has 0 amide bonds. The second kappa shape index (κ2) is 7.29. The fraction of sp³-hybridized carbons (Fsp3) is 0.444. The van der Waals surface area contributed by atoms with Gasteiger partial charge < -0.3 is 15.9 Å². The fourth-order valence-corrected chi connectivity index (χ4v) is 7.27. The number of aromatic nitrogens is 3. The quantitative estimate of drug-likeness (QED) is 0.476. The number of nitrogens with two attached hydrogens (primary N) is 1. The number of fused-ring (bicyclic) bond motifs is 1. The van der Waals surface area contributed by atoms with E-state index in [1.807, 2.05) is 0 Å². The van der Waals surface area contributed by atoms with Gasteiger partial charge in [0.05, 0.1) is 5.92 Å². The van der Waals surface area contributed by atoms with Crippen LogP contribution in [0, 0.1) is 36.4 Å². The number of hydrogen-bond donors (Lipinski definition) is 4. The molecule has 2 aromatic rings. The highest BCUT2D eigenvalue weighted by atomic mass is 32.2. The van der Waals surface area contributed by atoms with Crippen LogP contribution in [-0.2, 0) is 9.59 Å². The highest BCUT2D eigenvalue weighted by molar-refractivity contribution is 8.00. The second-order valence-electron chi connectivity index (χ2n) is 7.40. The minimum Gasteiger partial charge on any atom is -0.481 e. The molecule has 1 aromatic carbocycles. The highest BCUT2D eigenvalue weighted by Crippen LogP contribution is 2.67. The molecule has 6 atom stereocenters. The molecule has 0 unspecified atom stereocenters. The molecule has 29 heavy (non-hydrogen) atoms. The molecule has 154 valence electrons. The van der Waals surface area contributed by atoms with E-state index in [0.717, 1.165) is 4.90 Å². The van der Waals surface area contributed by atoms with Gasteiger partial charge in [0.2, 0.25) is 5.16 Å². The average molecular weight is 439 g/mol. The Morgan fingerprint density at radius 3 is 2.72 bits per heavy atom. The van der Waals surface area contributed by atoms with Crippen LogP contribution >= 0.6 is 23.5 Å². The number of H-pyrrole nitrogens is 1. The summed E-state index contributed by atoms with van der Waals surface area (Å²) in [6.45, 7) is 1.66. The molecule has 0 bridgehead atoms. The Kier molecular flexibility index (Phi) is 5.07. The number of carbonyl (C=O) groups is 2. The lowest BCUT2D eigenvalue weighted by atomic mass is 9.82. The van der Waals surface area contributed by atoms with E-state index >= 15 is 0 Å². The van der Waals surface area contributed by atoms with E-state index in [4.69, 9.17) is 5.73 Å². The van der Waals surface area contributed by atoms with Gasteiger partial charge in [0.1, 0.15) is 17.7 Å². The number of benzene rings is 1. The molecule has 2 aliphatic rings. The van der Waals surface area contributed by atoms with Crippen LogP contribution in [0.1, 0.15) is 5.56 Å². The third-order valence-corrected chi connectivity index (χ3v) is 8.30. The van der Waals surface area contributed by atoms with Gasteiger partial charge in [-0.05, 0) is 36.6 Å². The van der Waals surface area contributed by atoms with Crippen molar-refractivity contribution in [2.45, 2.75) is 27.8 Å². The number of thioether (sulfide) groups is 2. The molecule has 0 spiro atoms. The zero-order valence-corrected chi connectivity index (χ0v) is 16.9. The molecular formula is C18H19FN4O4S2. The lowest BCUT2D eigenvalue weighted by molar-refractivity contribution is -0.146. The molecule has 2 saturated carbocycles. The number of hydrogen-bond acceptors (Lipinski definition) is 7. The Morgan fingerprint density at radius 1 is 1.38 bits per heavy atom. The summed E-state index contributed by atoms with van der Waals surface area (Å²) in [5.74, 6) is -4.49. The van der Waals surface area contributed by atoms with E-state index in [1.54, 1.807) is 19.1 Å². The minimum absolute atomic E-state index is 0.308. The molecule has 2 fully saturated rings. The van der Waals surface area contributed by atoms with E-state index in [0.29, 0.717) is 16.5 Å². The Morgan fingerprint density at radius 2 is 2.14 bits per heavy atom. The van der Waals surface area contributed by atoms with Crippen molar-refractivity contribution in [1.29, 1.82) is 0 Å². The summed E-state index contributed by atoms with van der Waals surface area (Å²) >= 11 is 2.65. The maximum atomic E-state index is 13.5. The summed E-state index contributed by atoms with van der Waals surface area (Å²) in [7, 11) is 0. The Bertz CT molecular complexity index is 959. The van der Waals surface area contributed by atoms with Gasteiger partial charge in [-0.25, -0.2) is 9.37 Å². The van der Waals surface area contributed by atoms with Crippen LogP contribution in [0.4, 0.5) is 4.39 Å². The minimum atomic E-state index is -1.66. The number of carboxylic acid groups (broad SMARTS) is 2. The number of rotatable bonds is 7. The molecule has 2 aliphatic carbocycles. The zero-order valence-electron chi connectivity index (χ0n) is 15.3. The van der Waals surface area contributed by atoms with Crippen LogP contribution in [0.2, 0.25) is 0 Å². The third-order valence-electron chi connectivity index (χ3n) is 5.87. The SMILES string of the molecule is Cc1cc(SC[C@@H]2[C@@H](Sc3nc[nH]n3)[C@H]3[C@H](C(=O)O)[C@H]3[C@]2(N)C(=O)O)ccc1F. The first-order chi connectivity index (χ1) is 13.7.